The molecule has 0 aliphatic heterocycles. The van der Waals surface area contributed by atoms with E-state index >= 15 is 0 Å². The molecular weight excluding hydrogens is 395 g/mol. The summed E-state index contributed by atoms with van der Waals surface area (Å²) < 4.78 is 14.1. The summed E-state index contributed by atoms with van der Waals surface area (Å²) in [7, 11) is 0. The smallest absolute Gasteiger partial charge is 0.244 e. The third-order valence-corrected chi connectivity index (χ3v) is 5.57. The number of nitrogens with zero attached hydrogens (tertiary/aromatic N) is 2. The van der Waals surface area contributed by atoms with E-state index in [1.54, 1.807) is 17.5 Å². The molecule has 152 valence electrons. The van der Waals surface area contributed by atoms with Gasteiger partial charge in [-0.05, 0) is 37.5 Å². The van der Waals surface area contributed by atoms with Gasteiger partial charge >= 0.3 is 0 Å². The van der Waals surface area contributed by atoms with Crippen molar-refractivity contribution in [3.8, 4) is 0 Å². The number of nitrogens with two attached hydrogens (primary N) is 1. The van der Waals surface area contributed by atoms with Gasteiger partial charge in [0.05, 0.1) is 11.4 Å². The Morgan fingerprint density at radius 2 is 2.07 bits per heavy atom. The zero-order chi connectivity index (χ0) is 21.0. The summed E-state index contributed by atoms with van der Waals surface area (Å²) >= 11 is 1.16. The molecule has 3 rings (SSSR count). The van der Waals surface area contributed by atoms with Crippen molar-refractivity contribution in [1.82, 2.24) is 10.3 Å². The van der Waals surface area contributed by atoms with Crippen molar-refractivity contribution in [2.24, 2.45) is 5.73 Å². The van der Waals surface area contributed by atoms with E-state index in [4.69, 9.17) is 5.73 Å². The molecule has 29 heavy (non-hydrogen) atoms. The molecular formula is C20H21FN4O3S. The van der Waals surface area contributed by atoms with Crippen LogP contribution in [-0.2, 0) is 14.4 Å². The van der Waals surface area contributed by atoms with Crippen molar-refractivity contribution in [3.63, 3.8) is 0 Å². The van der Waals surface area contributed by atoms with E-state index in [1.807, 2.05) is 0 Å². The van der Waals surface area contributed by atoms with Gasteiger partial charge in [0, 0.05) is 30.3 Å². The van der Waals surface area contributed by atoms with Crippen molar-refractivity contribution in [1.29, 1.82) is 0 Å². The van der Waals surface area contributed by atoms with E-state index in [9.17, 15) is 18.8 Å². The zero-order valence-electron chi connectivity index (χ0n) is 15.9. The highest BCUT2D eigenvalue weighted by molar-refractivity contribution is 7.14. The minimum atomic E-state index is -0.559. The minimum Gasteiger partial charge on any atom is -0.370 e. The maximum atomic E-state index is 14.1. The highest BCUT2D eigenvalue weighted by Gasteiger charge is 2.39. The van der Waals surface area contributed by atoms with Gasteiger partial charge < -0.3 is 11.1 Å². The Kier molecular flexibility index (Phi) is 6.07. The maximum absolute atomic E-state index is 14.1. The van der Waals surface area contributed by atoms with Crippen LogP contribution in [0.25, 0.3) is 6.08 Å². The molecule has 1 aromatic carbocycles. The Morgan fingerprint density at radius 3 is 2.66 bits per heavy atom. The second kappa shape index (κ2) is 8.52. The molecule has 1 saturated carbocycles. The van der Waals surface area contributed by atoms with Crippen LogP contribution in [0.5, 0.6) is 0 Å². The fourth-order valence-corrected chi connectivity index (χ4v) is 4.09. The van der Waals surface area contributed by atoms with Crippen molar-refractivity contribution in [2.45, 2.75) is 38.1 Å². The van der Waals surface area contributed by atoms with Gasteiger partial charge in [-0.25, -0.2) is 9.37 Å². The molecule has 1 heterocycles. The van der Waals surface area contributed by atoms with Crippen LogP contribution < -0.4 is 16.0 Å². The fourth-order valence-electron chi connectivity index (χ4n) is 3.24. The third kappa shape index (κ3) is 4.86. The van der Waals surface area contributed by atoms with Crippen molar-refractivity contribution < 1.29 is 18.8 Å². The first kappa shape index (κ1) is 20.7. The summed E-state index contributed by atoms with van der Waals surface area (Å²) in [6, 6.07) is 5.94. The Hall–Kier alpha value is -3.07. The second-order valence-electron chi connectivity index (χ2n) is 6.96. The first-order valence-corrected chi connectivity index (χ1v) is 9.97. The molecule has 3 N–H and O–H groups in total. The molecule has 1 fully saturated rings. The lowest BCUT2D eigenvalue weighted by molar-refractivity contribution is -0.123. The summed E-state index contributed by atoms with van der Waals surface area (Å²) in [5, 5.41) is 4.81. The molecule has 0 radical (unpaired) electrons. The molecule has 3 amide bonds. The Balaban J connectivity index is 1.72. The molecule has 0 unspecified atom stereocenters. The number of primary amides is 1. The number of rotatable bonds is 7. The molecule has 9 heteroatoms. The van der Waals surface area contributed by atoms with Gasteiger partial charge in [-0.1, -0.05) is 12.1 Å². The van der Waals surface area contributed by atoms with E-state index in [1.165, 1.54) is 36.1 Å². The second-order valence-corrected chi connectivity index (χ2v) is 7.80. The lowest BCUT2D eigenvalue weighted by atomic mass is 9.74. The van der Waals surface area contributed by atoms with Gasteiger partial charge in [0.1, 0.15) is 5.82 Å². The Bertz CT molecular complexity index is 968. The number of nitrogens with one attached hydrogen (secondary N) is 1. The van der Waals surface area contributed by atoms with E-state index < -0.39 is 17.3 Å². The molecule has 0 saturated heterocycles. The summed E-state index contributed by atoms with van der Waals surface area (Å²) in [6.07, 6.45) is 5.30. The number of thiazole rings is 1. The number of hydrogen-bond donors (Lipinski definition) is 2. The topological polar surface area (TPSA) is 105 Å². The number of aromatic nitrogens is 1. The van der Waals surface area contributed by atoms with E-state index in [0.29, 0.717) is 23.7 Å². The number of amides is 3. The average molecular weight is 416 g/mol. The molecule has 1 aliphatic rings. The summed E-state index contributed by atoms with van der Waals surface area (Å²) in [6.45, 7) is 1.33. The number of benzene rings is 1. The average Bonchev–Trinajstić information content (AvgIpc) is 3.08. The normalized spacial score (nSPS) is 15.0. The first-order valence-electron chi connectivity index (χ1n) is 9.09. The van der Waals surface area contributed by atoms with Crippen LogP contribution in [0.3, 0.4) is 0 Å². The van der Waals surface area contributed by atoms with Crippen LogP contribution in [0.2, 0.25) is 0 Å². The van der Waals surface area contributed by atoms with Gasteiger partial charge in [-0.2, -0.15) is 0 Å². The van der Waals surface area contributed by atoms with Gasteiger partial charge in [-0.3, -0.25) is 19.3 Å². The fraction of sp³-hybridized carbons (Fsp3) is 0.300. The van der Waals surface area contributed by atoms with Crippen molar-refractivity contribution in [2.75, 3.05) is 4.90 Å². The first-order chi connectivity index (χ1) is 13.8. The number of anilines is 2. The predicted molar refractivity (Wildman–Crippen MR) is 109 cm³/mol. The van der Waals surface area contributed by atoms with Crippen molar-refractivity contribution >= 4 is 46.0 Å². The zero-order valence-corrected chi connectivity index (χ0v) is 16.7. The number of halogens is 1. The summed E-state index contributed by atoms with van der Waals surface area (Å²) in [5.41, 5.74) is 5.28. The van der Waals surface area contributed by atoms with Crippen LogP contribution in [0.15, 0.2) is 35.7 Å². The van der Waals surface area contributed by atoms with Gasteiger partial charge in [0.2, 0.25) is 17.7 Å². The van der Waals surface area contributed by atoms with E-state index in [-0.39, 0.29) is 23.9 Å². The summed E-state index contributed by atoms with van der Waals surface area (Å²) in [4.78, 5) is 41.0. The predicted octanol–water partition coefficient (Wildman–Crippen LogP) is 2.89. The highest BCUT2D eigenvalue weighted by Crippen LogP contribution is 2.35. The Labute approximate surface area is 171 Å². The van der Waals surface area contributed by atoms with Gasteiger partial charge in [-0.15, -0.1) is 11.3 Å². The summed E-state index contributed by atoms with van der Waals surface area (Å²) in [5.74, 6) is -1.71. The lowest BCUT2D eigenvalue weighted by Crippen LogP contribution is -2.55. The molecule has 2 aromatic rings. The van der Waals surface area contributed by atoms with Crippen molar-refractivity contribution in [3.05, 3.63) is 47.2 Å². The number of hydrogen-bond acceptors (Lipinski definition) is 5. The van der Waals surface area contributed by atoms with Gasteiger partial charge in [0.25, 0.3) is 0 Å². The van der Waals surface area contributed by atoms with Crippen LogP contribution in [0, 0.1) is 5.82 Å². The number of para-hydroxylation sites is 1. The number of carbonyl (C=O) groups excluding carboxylic acids is 3. The lowest BCUT2D eigenvalue weighted by Gasteiger charge is -2.41. The van der Waals surface area contributed by atoms with Gasteiger partial charge in [0.15, 0.2) is 5.13 Å². The molecule has 7 nitrogen and oxygen atoms in total. The molecule has 0 atom stereocenters. The van der Waals surface area contributed by atoms with Crippen LogP contribution in [0.1, 0.15) is 38.3 Å². The molecule has 1 aromatic heterocycles. The van der Waals surface area contributed by atoms with Crippen LogP contribution in [-0.4, -0.2) is 28.2 Å². The third-order valence-electron chi connectivity index (χ3n) is 4.73. The molecule has 0 spiro atoms. The van der Waals surface area contributed by atoms with E-state index in [2.05, 4.69) is 10.3 Å². The standard InChI is InChI=1S/C20H21FN4O3S/c1-13(26)25(16-6-3-2-5-15(16)21)19-23-14(12-29-19)7-8-18(28)24-20(9-4-10-20)11-17(22)27/h2-3,5-8,12H,4,9-11H2,1H3,(H2,22,27)(H,24,28)/b8-7+. The quantitative estimate of drug-likeness (QED) is 0.677. The van der Waals surface area contributed by atoms with Crippen LogP contribution >= 0.6 is 11.3 Å². The molecule has 0 bridgehead atoms. The monoisotopic (exact) mass is 416 g/mol. The van der Waals surface area contributed by atoms with Crippen LogP contribution in [0.4, 0.5) is 15.2 Å². The number of carbonyl (C=O) groups is 3. The SMILES string of the molecule is CC(=O)N(c1nc(/C=C/C(=O)NC2(CC(N)=O)CCC2)cs1)c1ccccc1F. The van der Waals surface area contributed by atoms with E-state index in [0.717, 1.165) is 17.8 Å². The highest BCUT2D eigenvalue weighted by atomic mass is 32.1. The minimum absolute atomic E-state index is 0.112. The maximum Gasteiger partial charge on any atom is 0.244 e. The Morgan fingerprint density at radius 1 is 1.34 bits per heavy atom. The largest absolute Gasteiger partial charge is 0.370 e. The molecule has 1 aliphatic carbocycles.